The predicted molar refractivity (Wildman–Crippen MR) is 65.3 cm³/mol. The molecule has 0 atom stereocenters. The van der Waals surface area contributed by atoms with Crippen molar-refractivity contribution in [3.05, 3.63) is 23.9 Å². The molecule has 2 aromatic rings. The van der Waals surface area contributed by atoms with Gasteiger partial charge in [0, 0.05) is 12.2 Å². The predicted octanol–water partition coefficient (Wildman–Crippen LogP) is 1.76. The van der Waals surface area contributed by atoms with Crippen molar-refractivity contribution in [3.63, 3.8) is 0 Å². The van der Waals surface area contributed by atoms with Crippen LogP contribution in [0.4, 0.5) is 5.82 Å². The first kappa shape index (κ1) is 11.3. The number of nitrogen functional groups attached to an aromatic ring is 1. The highest BCUT2D eigenvalue weighted by Gasteiger charge is 2.04. The van der Waals surface area contributed by atoms with E-state index in [1.165, 1.54) is 11.5 Å². The zero-order chi connectivity index (χ0) is 11.4. The number of hydrogen-bond acceptors (Lipinski definition) is 7. The van der Waals surface area contributed by atoms with Gasteiger partial charge in [-0.25, -0.2) is 9.97 Å². The second kappa shape index (κ2) is 5.22. The van der Waals surface area contributed by atoms with Crippen molar-refractivity contribution in [2.75, 3.05) is 5.73 Å². The van der Waals surface area contributed by atoms with Crippen LogP contribution >= 0.6 is 23.3 Å². The topological polar surface area (TPSA) is 77.6 Å². The number of nitrogens with two attached hydrogens (primary N) is 1. The molecule has 0 fully saturated rings. The first-order valence-electron chi connectivity index (χ1n) is 4.79. The van der Waals surface area contributed by atoms with Crippen molar-refractivity contribution in [2.24, 2.45) is 0 Å². The number of anilines is 1. The second-order valence-corrected chi connectivity index (χ2v) is 5.03. The molecule has 5 nitrogen and oxygen atoms in total. The first-order chi connectivity index (χ1) is 7.78. The Hall–Kier alpha value is -1.21. The summed E-state index contributed by atoms with van der Waals surface area (Å²) >= 11 is 3.04. The molecule has 2 rings (SSSR count). The summed E-state index contributed by atoms with van der Waals surface area (Å²) in [6.07, 6.45) is 4.12. The van der Waals surface area contributed by atoms with Gasteiger partial charge in [0.05, 0.1) is 18.1 Å². The minimum Gasteiger partial charge on any atom is -0.382 e. The Labute approximate surface area is 102 Å². The minimum atomic E-state index is 0.443. The van der Waals surface area contributed by atoms with Crippen molar-refractivity contribution in [1.29, 1.82) is 0 Å². The number of thioether (sulfide) groups is 1. The molecule has 2 heterocycles. The fraction of sp³-hybridized carbons (Fsp3) is 0.333. The van der Waals surface area contributed by atoms with Gasteiger partial charge >= 0.3 is 0 Å². The summed E-state index contributed by atoms with van der Waals surface area (Å²) in [5, 5.41) is 0. The van der Waals surface area contributed by atoms with Gasteiger partial charge in [-0.2, -0.15) is 4.37 Å². The van der Waals surface area contributed by atoms with Gasteiger partial charge in [0.25, 0.3) is 0 Å². The van der Waals surface area contributed by atoms with Crippen LogP contribution in [0.25, 0.3) is 0 Å². The summed E-state index contributed by atoms with van der Waals surface area (Å²) in [5.41, 5.74) is 6.35. The van der Waals surface area contributed by atoms with Gasteiger partial charge in [0.2, 0.25) is 0 Å². The Balaban J connectivity index is 1.94. The SMILES string of the molecule is CCc1nsc(SCc2cnc(N)cn2)n1. The molecule has 0 saturated carbocycles. The van der Waals surface area contributed by atoms with E-state index in [0.717, 1.165) is 28.0 Å². The van der Waals surface area contributed by atoms with E-state index in [4.69, 9.17) is 5.73 Å². The third-order valence-corrected chi connectivity index (χ3v) is 3.74. The van der Waals surface area contributed by atoms with Crippen molar-refractivity contribution in [3.8, 4) is 0 Å². The van der Waals surface area contributed by atoms with Gasteiger partial charge < -0.3 is 5.73 Å². The third kappa shape index (κ3) is 2.89. The Morgan fingerprint density at radius 2 is 2.25 bits per heavy atom. The Morgan fingerprint density at radius 1 is 1.38 bits per heavy atom. The van der Waals surface area contributed by atoms with Crippen LogP contribution in [0.5, 0.6) is 0 Å². The lowest BCUT2D eigenvalue weighted by atomic mass is 10.5. The molecule has 0 saturated heterocycles. The van der Waals surface area contributed by atoms with Crippen LogP contribution in [-0.4, -0.2) is 19.3 Å². The maximum atomic E-state index is 5.45. The molecular weight excluding hydrogens is 242 g/mol. The van der Waals surface area contributed by atoms with Crippen molar-refractivity contribution >= 4 is 29.1 Å². The van der Waals surface area contributed by atoms with Crippen LogP contribution in [0.15, 0.2) is 16.7 Å². The molecule has 0 radical (unpaired) electrons. The van der Waals surface area contributed by atoms with Crippen molar-refractivity contribution in [1.82, 2.24) is 19.3 Å². The van der Waals surface area contributed by atoms with Gasteiger partial charge in [0.15, 0.2) is 4.34 Å². The molecular formula is C9H11N5S2. The number of aryl methyl sites for hydroxylation is 1. The molecule has 0 bridgehead atoms. The molecule has 2 aromatic heterocycles. The van der Waals surface area contributed by atoms with Gasteiger partial charge in [-0.05, 0) is 11.5 Å². The number of rotatable bonds is 4. The van der Waals surface area contributed by atoms with Gasteiger partial charge in [-0.1, -0.05) is 18.7 Å². The molecule has 0 aliphatic carbocycles. The van der Waals surface area contributed by atoms with Gasteiger partial charge in [0.1, 0.15) is 11.6 Å². The highest BCUT2D eigenvalue weighted by Crippen LogP contribution is 2.23. The Bertz CT molecular complexity index is 453. The highest BCUT2D eigenvalue weighted by atomic mass is 32.2. The summed E-state index contributed by atoms with van der Waals surface area (Å²) in [5.74, 6) is 2.08. The Kier molecular flexibility index (Phi) is 3.68. The van der Waals surface area contributed by atoms with E-state index in [2.05, 4.69) is 19.3 Å². The standard InChI is InChI=1S/C9H11N5S2/c1-2-8-13-9(16-14-8)15-5-6-3-12-7(10)4-11-6/h3-4H,2,5H2,1H3,(H2,10,12). The van der Waals surface area contributed by atoms with E-state index in [-0.39, 0.29) is 0 Å². The fourth-order valence-electron chi connectivity index (χ4n) is 1.02. The van der Waals surface area contributed by atoms with Crippen molar-refractivity contribution < 1.29 is 0 Å². The highest BCUT2D eigenvalue weighted by molar-refractivity contribution is 8.00. The number of hydrogen-bond donors (Lipinski definition) is 1. The largest absolute Gasteiger partial charge is 0.382 e. The van der Waals surface area contributed by atoms with Crippen LogP contribution in [0.3, 0.4) is 0 Å². The molecule has 2 N–H and O–H groups in total. The number of aromatic nitrogens is 4. The summed E-state index contributed by atoms with van der Waals surface area (Å²) in [6, 6.07) is 0. The molecule has 0 amide bonds. The van der Waals surface area contributed by atoms with Crippen molar-refractivity contribution in [2.45, 2.75) is 23.4 Å². The average Bonchev–Trinajstić information content (AvgIpc) is 2.76. The van der Waals surface area contributed by atoms with Crippen LogP contribution in [0, 0.1) is 0 Å². The maximum Gasteiger partial charge on any atom is 0.170 e. The van der Waals surface area contributed by atoms with E-state index >= 15 is 0 Å². The smallest absolute Gasteiger partial charge is 0.170 e. The Morgan fingerprint density at radius 3 is 2.88 bits per heavy atom. The zero-order valence-electron chi connectivity index (χ0n) is 8.75. The normalized spacial score (nSPS) is 10.6. The second-order valence-electron chi connectivity index (χ2n) is 3.05. The average molecular weight is 253 g/mol. The molecule has 0 aliphatic rings. The lowest BCUT2D eigenvalue weighted by molar-refractivity contribution is 0.971. The van der Waals surface area contributed by atoms with E-state index in [0.29, 0.717) is 5.82 Å². The molecule has 7 heteroatoms. The molecule has 16 heavy (non-hydrogen) atoms. The van der Waals surface area contributed by atoms with E-state index < -0.39 is 0 Å². The molecule has 84 valence electrons. The number of nitrogens with zero attached hydrogens (tertiary/aromatic N) is 4. The lowest BCUT2D eigenvalue weighted by Gasteiger charge is -1.97. The first-order valence-corrected chi connectivity index (χ1v) is 6.55. The van der Waals surface area contributed by atoms with Gasteiger partial charge in [-0.3, -0.25) is 4.98 Å². The van der Waals surface area contributed by atoms with Crippen LogP contribution < -0.4 is 5.73 Å². The minimum absolute atomic E-state index is 0.443. The molecule has 0 spiro atoms. The van der Waals surface area contributed by atoms with Crippen LogP contribution in [0.2, 0.25) is 0 Å². The van der Waals surface area contributed by atoms with Gasteiger partial charge in [-0.15, -0.1) is 0 Å². The van der Waals surface area contributed by atoms with E-state index in [9.17, 15) is 0 Å². The summed E-state index contributed by atoms with van der Waals surface area (Å²) < 4.78 is 5.18. The summed E-state index contributed by atoms with van der Waals surface area (Å²) in [7, 11) is 0. The maximum absolute atomic E-state index is 5.45. The summed E-state index contributed by atoms with van der Waals surface area (Å²) in [4.78, 5) is 12.5. The molecule has 0 unspecified atom stereocenters. The van der Waals surface area contributed by atoms with E-state index in [1.807, 2.05) is 6.92 Å². The quantitative estimate of drug-likeness (QED) is 0.837. The summed E-state index contributed by atoms with van der Waals surface area (Å²) in [6.45, 7) is 2.04. The van der Waals surface area contributed by atoms with E-state index in [1.54, 1.807) is 24.2 Å². The van der Waals surface area contributed by atoms with Crippen LogP contribution in [0.1, 0.15) is 18.4 Å². The molecule has 0 aliphatic heterocycles. The monoisotopic (exact) mass is 253 g/mol. The zero-order valence-corrected chi connectivity index (χ0v) is 10.4. The third-order valence-electron chi connectivity index (χ3n) is 1.83. The lowest BCUT2D eigenvalue weighted by Crippen LogP contribution is -1.94. The molecule has 0 aromatic carbocycles. The van der Waals surface area contributed by atoms with Crippen LogP contribution in [-0.2, 0) is 12.2 Å². The fourth-order valence-corrected chi connectivity index (χ4v) is 2.60.